The van der Waals surface area contributed by atoms with Crippen molar-refractivity contribution in [1.29, 1.82) is 0 Å². The Kier molecular flexibility index (Phi) is 6.29. The van der Waals surface area contributed by atoms with Crippen LogP contribution in [0.15, 0.2) is 45.3 Å². The number of rotatable bonds is 6. The minimum absolute atomic E-state index is 0.147. The van der Waals surface area contributed by atoms with E-state index in [1.54, 1.807) is 32.4 Å². The molecule has 0 heterocycles. The zero-order valence-corrected chi connectivity index (χ0v) is 15.8. The highest BCUT2D eigenvalue weighted by Crippen LogP contribution is 2.30. The van der Waals surface area contributed by atoms with E-state index in [0.29, 0.717) is 17.2 Å². The SMILES string of the molecule is COc1ccc(NC(=O)CNc2ccc(Br)cc2Br)cc1OC. The van der Waals surface area contributed by atoms with Gasteiger partial charge < -0.3 is 20.1 Å². The van der Waals surface area contributed by atoms with Crippen LogP contribution in [0, 0.1) is 0 Å². The molecule has 5 nitrogen and oxygen atoms in total. The largest absolute Gasteiger partial charge is 0.493 e. The molecule has 0 saturated heterocycles. The third kappa shape index (κ3) is 4.87. The van der Waals surface area contributed by atoms with E-state index in [9.17, 15) is 4.79 Å². The van der Waals surface area contributed by atoms with Crippen molar-refractivity contribution in [1.82, 2.24) is 0 Å². The van der Waals surface area contributed by atoms with E-state index in [1.807, 2.05) is 18.2 Å². The Labute approximate surface area is 151 Å². The summed E-state index contributed by atoms with van der Waals surface area (Å²) in [5.41, 5.74) is 1.49. The fraction of sp³-hybridized carbons (Fsp3) is 0.188. The summed E-state index contributed by atoms with van der Waals surface area (Å²) in [4.78, 5) is 12.0. The Morgan fingerprint density at radius 3 is 2.43 bits per heavy atom. The van der Waals surface area contributed by atoms with E-state index in [4.69, 9.17) is 9.47 Å². The Bertz CT molecular complexity index is 708. The molecule has 0 bridgehead atoms. The van der Waals surface area contributed by atoms with Gasteiger partial charge in [0.1, 0.15) is 0 Å². The van der Waals surface area contributed by atoms with Crippen molar-refractivity contribution in [3.05, 3.63) is 45.3 Å². The van der Waals surface area contributed by atoms with Crippen molar-refractivity contribution in [3.63, 3.8) is 0 Å². The van der Waals surface area contributed by atoms with Crippen LogP contribution in [0.2, 0.25) is 0 Å². The van der Waals surface area contributed by atoms with Gasteiger partial charge in [0.15, 0.2) is 11.5 Å². The van der Waals surface area contributed by atoms with Gasteiger partial charge in [0.05, 0.1) is 20.8 Å². The first kappa shape index (κ1) is 17.6. The Hall–Kier alpha value is -1.73. The molecule has 0 aliphatic carbocycles. The second-order valence-corrected chi connectivity index (χ2v) is 6.37. The molecule has 0 fully saturated rings. The molecule has 0 saturated carbocycles. The second-order valence-electron chi connectivity index (χ2n) is 4.60. The number of nitrogens with one attached hydrogen (secondary N) is 2. The van der Waals surface area contributed by atoms with Gasteiger partial charge in [-0.2, -0.15) is 0 Å². The lowest BCUT2D eigenvalue weighted by atomic mass is 10.2. The molecular formula is C16H16Br2N2O3. The number of methoxy groups -OCH3 is 2. The van der Waals surface area contributed by atoms with E-state index < -0.39 is 0 Å². The first-order chi connectivity index (χ1) is 11.0. The molecule has 2 N–H and O–H groups in total. The van der Waals surface area contributed by atoms with E-state index in [2.05, 4.69) is 42.5 Å². The number of hydrogen-bond acceptors (Lipinski definition) is 4. The summed E-state index contributed by atoms with van der Waals surface area (Å²) in [5.74, 6) is 1.02. The molecule has 23 heavy (non-hydrogen) atoms. The lowest BCUT2D eigenvalue weighted by molar-refractivity contribution is -0.114. The average Bonchev–Trinajstić information content (AvgIpc) is 2.54. The second kappa shape index (κ2) is 8.21. The zero-order chi connectivity index (χ0) is 16.8. The lowest BCUT2D eigenvalue weighted by Crippen LogP contribution is -2.21. The molecule has 7 heteroatoms. The number of carbonyl (C=O) groups excluding carboxylic acids is 1. The minimum Gasteiger partial charge on any atom is -0.493 e. The van der Waals surface area contributed by atoms with Crippen LogP contribution >= 0.6 is 31.9 Å². The minimum atomic E-state index is -0.160. The molecule has 0 unspecified atom stereocenters. The first-order valence-electron chi connectivity index (χ1n) is 6.74. The third-order valence-electron chi connectivity index (χ3n) is 3.04. The van der Waals surface area contributed by atoms with Crippen LogP contribution in [0.4, 0.5) is 11.4 Å². The summed E-state index contributed by atoms with van der Waals surface area (Å²) in [6.45, 7) is 0.147. The summed E-state index contributed by atoms with van der Waals surface area (Å²) in [7, 11) is 3.12. The van der Waals surface area contributed by atoms with Crippen molar-refractivity contribution in [2.45, 2.75) is 0 Å². The van der Waals surface area contributed by atoms with Crippen molar-refractivity contribution in [2.75, 3.05) is 31.4 Å². The molecule has 0 atom stereocenters. The Morgan fingerprint density at radius 2 is 1.78 bits per heavy atom. The monoisotopic (exact) mass is 442 g/mol. The predicted octanol–water partition coefficient (Wildman–Crippen LogP) is 4.28. The summed E-state index contributed by atoms with van der Waals surface area (Å²) >= 11 is 6.83. The van der Waals surface area contributed by atoms with Crippen LogP contribution in [0.25, 0.3) is 0 Å². The molecular weight excluding hydrogens is 428 g/mol. The molecule has 0 aliphatic rings. The molecule has 1 amide bonds. The number of carbonyl (C=O) groups is 1. The molecule has 2 aromatic rings. The van der Waals surface area contributed by atoms with Crippen molar-refractivity contribution in [2.24, 2.45) is 0 Å². The summed E-state index contributed by atoms with van der Waals surface area (Å²) < 4.78 is 12.2. The molecule has 122 valence electrons. The van der Waals surface area contributed by atoms with Crippen molar-refractivity contribution >= 4 is 49.1 Å². The van der Waals surface area contributed by atoms with Gasteiger partial charge in [0.25, 0.3) is 0 Å². The van der Waals surface area contributed by atoms with Gasteiger partial charge in [-0.25, -0.2) is 0 Å². The Balaban J connectivity index is 1.97. The third-order valence-corrected chi connectivity index (χ3v) is 4.19. The highest BCUT2D eigenvalue weighted by atomic mass is 79.9. The fourth-order valence-corrected chi connectivity index (χ4v) is 3.11. The molecule has 0 spiro atoms. The van der Waals surface area contributed by atoms with Crippen LogP contribution in [-0.2, 0) is 4.79 Å². The smallest absolute Gasteiger partial charge is 0.243 e. The number of anilines is 2. The van der Waals surface area contributed by atoms with E-state index in [0.717, 1.165) is 14.6 Å². The van der Waals surface area contributed by atoms with Crippen LogP contribution in [0.5, 0.6) is 11.5 Å². The number of hydrogen-bond donors (Lipinski definition) is 2. The predicted molar refractivity (Wildman–Crippen MR) is 98.5 cm³/mol. The normalized spacial score (nSPS) is 10.1. The van der Waals surface area contributed by atoms with Gasteiger partial charge in [0.2, 0.25) is 5.91 Å². The molecule has 0 aromatic heterocycles. The molecule has 0 aliphatic heterocycles. The van der Waals surface area contributed by atoms with Crippen LogP contribution in [0.3, 0.4) is 0 Å². The van der Waals surface area contributed by atoms with Gasteiger partial charge in [-0.05, 0) is 46.3 Å². The quantitative estimate of drug-likeness (QED) is 0.699. The summed E-state index contributed by atoms with van der Waals surface area (Å²) in [5, 5.41) is 5.88. The highest BCUT2D eigenvalue weighted by molar-refractivity contribution is 9.11. The van der Waals surface area contributed by atoms with E-state index >= 15 is 0 Å². The van der Waals surface area contributed by atoms with E-state index in [1.165, 1.54) is 0 Å². The van der Waals surface area contributed by atoms with Gasteiger partial charge in [0, 0.05) is 26.4 Å². The van der Waals surface area contributed by atoms with Gasteiger partial charge in [-0.3, -0.25) is 4.79 Å². The summed E-state index contributed by atoms with van der Waals surface area (Å²) in [6, 6.07) is 10.9. The number of benzene rings is 2. The summed E-state index contributed by atoms with van der Waals surface area (Å²) in [6.07, 6.45) is 0. The number of amides is 1. The molecule has 2 rings (SSSR count). The van der Waals surface area contributed by atoms with Gasteiger partial charge >= 0.3 is 0 Å². The maximum atomic E-state index is 12.0. The van der Waals surface area contributed by atoms with Crippen molar-refractivity contribution < 1.29 is 14.3 Å². The van der Waals surface area contributed by atoms with Gasteiger partial charge in [-0.1, -0.05) is 15.9 Å². The van der Waals surface area contributed by atoms with Crippen LogP contribution in [0.1, 0.15) is 0 Å². The van der Waals surface area contributed by atoms with Crippen molar-refractivity contribution in [3.8, 4) is 11.5 Å². The lowest BCUT2D eigenvalue weighted by Gasteiger charge is -2.12. The average molecular weight is 444 g/mol. The van der Waals surface area contributed by atoms with Crippen LogP contribution in [-0.4, -0.2) is 26.7 Å². The standard InChI is InChI=1S/C16H16Br2N2O3/c1-22-14-6-4-11(8-15(14)23-2)20-16(21)9-19-13-5-3-10(17)7-12(13)18/h3-8,19H,9H2,1-2H3,(H,20,21). The molecule has 2 aromatic carbocycles. The number of ether oxygens (including phenoxy) is 2. The maximum absolute atomic E-state index is 12.0. The highest BCUT2D eigenvalue weighted by Gasteiger charge is 2.08. The maximum Gasteiger partial charge on any atom is 0.243 e. The van der Waals surface area contributed by atoms with Gasteiger partial charge in [-0.15, -0.1) is 0 Å². The number of halogens is 2. The van der Waals surface area contributed by atoms with Crippen LogP contribution < -0.4 is 20.1 Å². The van der Waals surface area contributed by atoms with E-state index in [-0.39, 0.29) is 12.5 Å². The first-order valence-corrected chi connectivity index (χ1v) is 8.33. The Morgan fingerprint density at radius 1 is 1.04 bits per heavy atom. The topological polar surface area (TPSA) is 59.6 Å². The zero-order valence-electron chi connectivity index (χ0n) is 12.7. The molecule has 0 radical (unpaired) electrons. The fourth-order valence-electron chi connectivity index (χ4n) is 1.93.